The van der Waals surface area contributed by atoms with Crippen LogP contribution in [0.25, 0.3) is 0 Å². The zero-order chi connectivity index (χ0) is 14.1. The van der Waals surface area contributed by atoms with Crippen molar-refractivity contribution in [2.24, 2.45) is 0 Å². The van der Waals surface area contributed by atoms with Gasteiger partial charge in [-0.3, -0.25) is 9.13 Å². The molecule has 0 unspecified atom stereocenters. The largest absolute Gasteiger partial charge is 0.463 e. The fraction of sp³-hybridized carbons (Fsp3) is 0.500. The summed E-state index contributed by atoms with van der Waals surface area (Å²) in [5.41, 5.74) is 0. The van der Waals surface area contributed by atoms with Gasteiger partial charge in [0, 0.05) is 0 Å². The molecule has 0 rings (SSSR count). The SMILES string of the molecule is N#CP(=O)(C#N)NP(=O)(C(F)(F)F)C(F)(F)F. The van der Waals surface area contributed by atoms with E-state index in [0.29, 0.717) is 11.6 Å². The molecule has 0 radical (unpaired) electrons. The number of alkyl halides is 6. The minimum Gasteiger partial charge on any atom is -0.287 e. The van der Waals surface area contributed by atoms with E-state index in [2.05, 4.69) is 0 Å². The summed E-state index contributed by atoms with van der Waals surface area (Å²) in [6.45, 7) is 0. The van der Waals surface area contributed by atoms with Crippen LogP contribution in [0.2, 0.25) is 0 Å². The van der Waals surface area contributed by atoms with Crippen LogP contribution in [0.5, 0.6) is 0 Å². The zero-order valence-electron chi connectivity index (χ0n) is 7.37. The molecule has 5 nitrogen and oxygen atoms in total. The molecule has 0 bridgehead atoms. The molecule has 0 heterocycles. The van der Waals surface area contributed by atoms with Crippen molar-refractivity contribution in [1.82, 2.24) is 4.86 Å². The van der Waals surface area contributed by atoms with Crippen molar-refractivity contribution < 1.29 is 35.5 Å². The average Bonchev–Trinajstić information content (AvgIpc) is 2.14. The Kier molecular flexibility index (Phi) is 4.08. The lowest BCUT2D eigenvalue weighted by atomic mass is 11.5. The average molecular weight is 299 g/mol. The van der Waals surface area contributed by atoms with Crippen LogP contribution >= 0.6 is 14.6 Å². The van der Waals surface area contributed by atoms with E-state index in [4.69, 9.17) is 10.5 Å². The van der Waals surface area contributed by atoms with E-state index < -0.39 is 26.4 Å². The molecule has 0 aliphatic rings. The number of nitriles is 2. The molecule has 0 saturated carbocycles. The molecule has 0 aromatic heterocycles. The van der Waals surface area contributed by atoms with Gasteiger partial charge in [-0.25, -0.2) is 0 Å². The highest BCUT2D eigenvalue weighted by Gasteiger charge is 2.70. The molecule has 0 atom stereocenters. The molecular formula is C4HF6N3O2P2. The van der Waals surface area contributed by atoms with Gasteiger partial charge < -0.3 is 0 Å². The van der Waals surface area contributed by atoms with E-state index in [0.717, 1.165) is 0 Å². The summed E-state index contributed by atoms with van der Waals surface area (Å²) >= 11 is 0. The molecule has 13 heteroatoms. The maximum Gasteiger partial charge on any atom is 0.463 e. The summed E-state index contributed by atoms with van der Waals surface area (Å²) in [7, 11) is -12.5. The second-order valence-corrected chi connectivity index (χ2v) is 7.11. The predicted octanol–water partition coefficient (Wildman–Crippen LogP) is 3.13. The molecule has 17 heavy (non-hydrogen) atoms. The number of nitrogens with one attached hydrogen (secondary N) is 1. The number of nitrogens with zero attached hydrogens (tertiary/aromatic N) is 2. The Morgan fingerprint density at radius 3 is 1.35 bits per heavy atom. The molecule has 1 N–H and O–H groups in total. The number of halogens is 6. The summed E-state index contributed by atoms with van der Waals surface area (Å²) in [6, 6.07) is 0. The summed E-state index contributed by atoms with van der Waals surface area (Å²) in [6.07, 6.45) is 0. The van der Waals surface area contributed by atoms with E-state index in [1.165, 1.54) is 0 Å². The molecule has 0 amide bonds. The first-order chi connectivity index (χ1) is 7.33. The Morgan fingerprint density at radius 1 is 0.882 bits per heavy atom. The summed E-state index contributed by atoms with van der Waals surface area (Å²) in [5, 5.41) is 16.1. The Hall–Kier alpha value is -1.02. The standard InChI is InChI=1S/C4HF6N3O2P2/c5-3(6,7)17(15,4(8,9)10)13-16(14,1-11)2-12/h(H,13,14,15). The van der Waals surface area contributed by atoms with Crippen LogP contribution < -0.4 is 4.86 Å². The molecular weight excluding hydrogens is 298 g/mol. The van der Waals surface area contributed by atoms with Crippen LogP contribution in [-0.4, -0.2) is 11.8 Å². The summed E-state index contributed by atoms with van der Waals surface area (Å²) in [5.74, 6) is -11.7. The second kappa shape index (κ2) is 4.34. The monoisotopic (exact) mass is 299 g/mol. The summed E-state index contributed by atoms with van der Waals surface area (Å²) in [4.78, 5) is 0.125. The number of hydrogen-bond donors (Lipinski definition) is 1. The van der Waals surface area contributed by atoms with Gasteiger partial charge >= 0.3 is 26.4 Å². The molecule has 0 aliphatic carbocycles. The minimum absolute atomic E-state index is 0.125. The van der Waals surface area contributed by atoms with Crippen LogP contribution in [-0.2, 0) is 9.13 Å². The molecule has 0 spiro atoms. The van der Waals surface area contributed by atoms with Gasteiger partial charge in [0.2, 0.25) is 0 Å². The first-order valence-electron chi connectivity index (χ1n) is 3.29. The fourth-order valence-corrected chi connectivity index (χ4v) is 3.71. The topological polar surface area (TPSA) is 93.8 Å². The third-order valence-electron chi connectivity index (χ3n) is 1.28. The van der Waals surface area contributed by atoms with Crippen LogP contribution in [0.3, 0.4) is 0 Å². The van der Waals surface area contributed by atoms with Crippen molar-refractivity contribution in [2.75, 3.05) is 0 Å². The third kappa shape index (κ3) is 3.01. The maximum atomic E-state index is 12.0. The van der Waals surface area contributed by atoms with E-state index in [-0.39, 0.29) is 4.86 Å². The minimum atomic E-state index is -7.20. The van der Waals surface area contributed by atoms with Crippen molar-refractivity contribution in [3.63, 3.8) is 0 Å². The highest BCUT2D eigenvalue weighted by molar-refractivity contribution is 7.83. The van der Waals surface area contributed by atoms with Crippen LogP contribution in [0.15, 0.2) is 0 Å². The van der Waals surface area contributed by atoms with Crippen molar-refractivity contribution in [3.05, 3.63) is 0 Å². The smallest absolute Gasteiger partial charge is 0.287 e. The molecule has 0 saturated heterocycles. The lowest BCUT2D eigenvalue weighted by Crippen LogP contribution is -2.30. The van der Waals surface area contributed by atoms with Crippen molar-refractivity contribution >= 4 is 14.6 Å². The van der Waals surface area contributed by atoms with Crippen molar-refractivity contribution in [1.29, 1.82) is 10.5 Å². The predicted molar refractivity (Wildman–Crippen MR) is 41.7 cm³/mol. The number of hydrogen-bond acceptors (Lipinski definition) is 4. The number of rotatable bonds is 2. The Balaban J connectivity index is 5.79. The Bertz CT molecular complexity index is 445. The zero-order valence-corrected chi connectivity index (χ0v) is 9.16. The maximum absolute atomic E-state index is 12.0. The Labute approximate surface area is 89.9 Å². The van der Waals surface area contributed by atoms with Gasteiger partial charge in [-0.2, -0.15) is 41.7 Å². The highest BCUT2D eigenvalue weighted by Crippen LogP contribution is 2.72. The molecule has 96 valence electrons. The summed E-state index contributed by atoms with van der Waals surface area (Å²) < 4.78 is 93.7. The van der Waals surface area contributed by atoms with Gasteiger partial charge in [0.1, 0.15) is 0 Å². The third-order valence-corrected chi connectivity index (χ3v) is 5.52. The van der Waals surface area contributed by atoms with Gasteiger partial charge in [0.05, 0.1) is 0 Å². The van der Waals surface area contributed by atoms with Gasteiger partial charge in [0.15, 0.2) is 11.6 Å². The van der Waals surface area contributed by atoms with E-state index in [1.807, 2.05) is 0 Å². The molecule has 0 fully saturated rings. The lowest BCUT2D eigenvalue weighted by Gasteiger charge is -2.23. The van der Waals surface area contributed by atoms with Crippen LogP contribution in [0, 0.1) is 22.1 Å². The van der Waals surface area contributed by atoms with E-state index in [9.17, 15) is 35.5 Å². The highest BCUT2D eigenvalue weighted by atomic mass is 31.2. The van der Waals surface area contributed by atoms with Crippen molar-refractivity contribution in [3.8, 4) is 11.6 Å². The van der Waals surface area contributed by atoms with E-state index >= 15 is 0 Å². The normalized spacial score (nSPS) is 13.9. The lowest BCUT2D eigenvalue weighted by molar-refractivity contribution is -0.0951. The van der Waals surface area contributed by atoms with Crippen molar-refractivity contribution in [2.45, 2.75) is 11.8 Å². The first-order valence-corrected chi connectivity index (χ1v) is 6.70. The van der Waals surface area contributed by atoms with Crippen LogP contribution in [0.1, 0.15) is 0 Å². The van der Waals surface area contributed by atoms with E-state index in [1.54, 1.807) is 0 Å². The quantitative estimate of drug-likeness (QED) is 0.624. The van der Waals surface area contributed by atoms with Gasteiger partial charge in [-0.15, -0.1) is 0 Å². The fourth-order valence-electron chi connectivity index (χ4n) is 0.523. The molecule has 0 aromatic carbocycles. The second-order valence-electron chi connectivity index (χ2n) is 2.45. The van der Waals surface area contributed by atoms with Gasteiger partial charge in [-0.1, -0.05) is 0 Å². The Morgan fingerprint density at radius 2 is 1.18 bits per heavy atom. The molecule has 0 aliphatic heterocycles. The van der Waals surface area contributed by atoms with Crippen LogP contribution in [0.4, 0.5) is 26.3 Å². The molecule has 0 aromatic rings. The van der Waals surface area contributed by atoms with Gasteiger partial charge in [-0.05, 0) is 0 Å². The first kappa shape index (κ1) is 16.0. The van der Waals surface area contributed by atoms with Gasteiger partial charge in [0.25, 0.3) is 0 Å².